The van der Waals surface area contributed by atoms with Crippen molar-refractivity contribution in [2.75, 3.05) is 5.01 Å². The van der Waals surface area contributed by atoms with Crippen LogP contribution in [0.2, 0.25) is 0 Å². The number of benzene rings is 1. The Bertz CT molecular complexity index is 707. The summed E-state index contributed by atoms with van der Waals surface area (Å²) in [4.78, 5) is 16.3. The van der Waals surface area contributed by atoms with Crippen LogP contribution in [-0.2, 0) is 11.2 Å². The van der Waals surface area contributed by atoms with E-state index in [-0.39, 0.29) is 5.91 Å². The molecule has 2 heterocycles. The molecule has 106 valence electrons. The van der Waals surface area contributed by atoms with Crippen molar-refractivity contribution in [3.05, 3.63) is 59.4 Å². The highest BCUT2D eigenvalue weighted by molar-refractivity contribution is 6.13. The lowest BCUT2D eigenvalue weighted by Crippen LogP contribution is -2.19. The molecule has 0 saturated carbocycles. The van der Waals surface area contributed by atoms with Crippen LogP contribution in [-0.4, -0.2) is 16.6 Å². The van der Waals surface area contributed by atoms with Gasteiger partial charge in [0.1, 0.15) is 0 Å². The molecule has 1 aromatic heterocycles. The minimum atomic E-state index is 0.0251. The Morgan fingerprint density at radius 3 is 2.76 bits per heavy atom. The number of hydrogen-bond donors (Lipinski definition) is 0. The van der Waals surface area contributed by atoms with Gasteiger partial charge in [-0.2, -0.15) is 5.10 Å². The predicted octanol–water partition coefficient (Wildman–Crippen LogP) is 3.03. The monoisotopic (exact) mass is 279 g/mol. The summed E-state index contributed by atoms with van der Waals surface area (Å²) >= 11 is 0. The van der Waals surface area contributed by atoms with Gasteiger partial charge < -0.3 is 0 Å². The Morgan fingerprint density at radius 1 is 1.19 bits per heavy atom. The van der Waals surface area contributed by atoms with Crippen LogP contribution in [0.15, 0.2) is 47.8 Å². The molecule has 0 aliphatic carbocycles. The number of hydrazone groups is 1. The first kappa shape index (κ1) is 13.5. The Hall–Kier alpha value is -2.49. The van der Waals surface area contributed by atoms with Gasteiger partial charge in [0.15, 0.2) is 0 Å². The first-order valence-corrected chi connectivity index (χ1v) is 6.99. The van der Waals surface area contributed by atoms with Crippen molar-refractivity contribution in [1.29, 1.82) is 0 Å². The second-order valence-electron chi connectivity index (χ2n) is 5.36. The lowest BCUT2D eigenvalue weighted by Gasteiger charge is -2.13. The van der Waals surface area contributed by atoms with E-state index in [2.05, 4.69) is 17.0 Å². The van der Waals surface area contributed by atoms with Crippen LogP contribution in [0.4, 0.5) is 5.69 Å². The average Bonchev–Trinajstić information content (AvgIpc) is 2.84. The maximum Gasteiger partial charge on any atom is 0.253 e. The molecule has 0 spiro atoms. The summed E-state index contributed by atoms with van der Waals surface area (Å²) in [5.41, 5.74) is 5.17. The first-order valence-electron chi connectivity index (χ1n) is 6.99. The number of carbonyl (C=O) groups excluding carboxylic acids is 1. The smallest absolute Gasteiger partial charge is 0.253 e. The Morgan fingerprint density at radius 2 is 2.05 bits per heavy atom. The van der Waals surface area contributed by atoms with Gasteiger partial charge in [-0.15, -0.1) is 0 Å². The summed E-state index contributed by atoms with van der Waals surface area (Å²) < 4.78 is 0. The minimum Gasteiger partial charge on any atom is -0.272 e. The molecule has 0 unspecified atom stereocenters. The van der Waals surface area contributed by atoms with Gasteiger partial charge in [0.25, 0.3) is 5.91 Å². The van der Waals surface area contributed by atoms with Crippen molar-refractivity contribution in [3.63, 3.8) is 0 Å². The number of nitrogens with zero attached hydrogens (tertiary/aromatic N) is 3. The SMILES string of the molecule is Cc1ccc(N2N=C(Cc3cccnc3)CC2=O)cc1C. The lowest BCUT2D eigenvalue weighted by molar-refractivity contribution is -0.116. The third-order valence-corrected chi connectivity index (χ3v) is 3.70. The highest BCUT2D eigenvalue weighted by Gasteiger charge is 2.25. The maximum absolute atomic E-state index is 12.2. The fourth-order valence-corrected chi connectivity index (χ4v) is 2.38. The molecule has 1 aliphatic rings. The van der Waals surface area contributed by atoms with Gasteiger partial charge in [0.2, 0.25) is 0 Å². The molecule has 0 bridgehead atoms. The Balaban J connectivity index is 1.83. The third kappa shape index (κ3) is 2.84. The van der Waals surface area contributed by atoms with Gasteiger partial charge in [-0.3, -0.25) is 9.78 Å². The molecule has 2 aromatic rings. The zero-order valence-electron chi connectivity index (χ0n) is 12.2. The van der Waals surface area contributed by atoms with Crippen LogP contribution in [0.5, 0.6) is 0 Å². The van der Waals surface area contributed by atoms with E-state index in [4.69, 9.17) is 0 Å². The van der Waals surface area contributed by atoms with Crippen LogP contribution in [0.1, 0.15) is 23.1 Å². The van der Waals surface area contributed by atoms with Gasteiger partial charge in [-0.1, -0.05) is 12.1 Å². The van der Waals surface area contributed by atoms with Crippen LogP contribution in [0, 0.1) is 13.8 Å². The van der Waals surface area contributed by atoms with Gasteiger partial charge >= 0.3 is 0 Å². The van der Waals surface area contributed by atoms with Gasteiger partial charge in [0.05, 0.1) is 17.8 Å². The molecule has 0 saturated heterocycles. The van der Waals surface area contributed by atoms with Crippen LogP contribution >= 0.6 is 0 Å². The van der Waals surface area contributed by atoms with Crippen molar-refractivity contribution in [2.24, 2.45) is 5.10 Å². The number of pyridine rings is 1. The molecule has 3 rings (SSSR count). The van der Waals surface area contributed by atoms with E-state index in [1.807, 2.05) is 43.5 Å². The van der Waals surface area contributed by atoms with Crippen molar-refractivity contribution >= 4 is 17.3 Å². The molecule has 0 radical (unpaired) electrons. The van der Waals surface area contributed by atoms with Crippen LogP contribution < -0.4 is 5.01 Å². The van der Waals surface area contributed by atoms with Crippen LogP contribution in [0.3, 0.4) is 0 Å². The number of aryl methyl sites for hydroxylation is 2. The molecule has 4 nitrogen and oxygen atoms in total. The number of anilines is 1. The summed E-state index contributed by atoms with van der Waals surface area (Å²) in [5.74, 6) is 0.0251. The Labute approximate surface area is 124 Å². The van der Waals surface area contributed by atoms with Crippen molar-refractivity contribution in [3.8, 4) is 0 Å². The molecule has 0 N–H and O–H groups in total. The van der Waals surface area contributed by atoms with E-state index in [1.54, 1.807) is 6.20 Å². The normalized spacial score (nSPS) is 14.5. The number of aromatic nitrogens is 1. The molecule has 0 fully saturated rings. The summed E-state index contributed by atoms with van der Waals surface area (Å²) in [5, 5.41) is 5.99. The van der Waals surface area contributed by atoms with E-state index >= 15 is 0 Å². The lowest BCUT2D eigenvalue weighted by atomic mass is 10.1. The molecule has 1 amide bonds. The average molecular weight is 279 g/mol. The maximum atomic E-state index is 12.2. The summed E-state index contributed by atoms with van der Waals surface area (Å²) in [6.07, 6.45) is 4.60. The molecule has 0 atom stereocenters. The highest BCUT2D eigenvalue weighted by Crippen LogP contribution is 2.24. The van der Waals surface area contributed by atoms with Crippen molar-refractivity contribution < 1.29 is 4.79 Å². The molecule has 1 aliphatic heterocycles. The second-order valence-corrected chi connectivity index (χ2v) is 5.36. The van der Waals surface area contributed by atoms with E-state index in [0.717, 1.165) is 22.5 Å². The van der Waals surface area contributed by atoms with Crippen molar-refractivity contribution in [1.82, 2.24) is 4.98 Å². The zero-order chi connectivity index (χ0) is 14.8. The Kier molecular flexibility index (Phi) is 3.52. The highest BCUT2D eigenvalue weighted by atomic mass is 16.2. The summed E-state index contributed by atoms with van der Waals surface area (Å²) in [6.45, 7) is 4.10. The zero-order valence-corrected chi connectivity index (χ0v) is 12.2. The molecule has 1 aromatic carbocycles. The molecular formula is C17H17N3O. The van der Waals surface area contributed by atoms with E-state index < -0.39 is 0 Å². The van der Waals surface area contributed by atoms with Gasteiger partial charge in [-0.25, -0.2) is 5.01 Å². The largest absolute Gasteiger partial charge is 0.272 e. The summed E-state index contributed by atoms with van der Waals surface area (Å²) in [6, 6.07) is 9.86. The molecular weight excluding hydrogens is 262 g/mol. The van der Waals surface area contributed by atoms with E-state index in [0.29, 0.717) is 12.8 Å². The quantitative estimate of drug-likeness (QED) is 0.867. The van der Waals surface area contributed by atoms with Crippen molar-refractivity contribution in [2.45, 2.75) is 26.7 Å². The number of carbonyl (C=O) groups is 1. The molecule has 21 heavy (non-hydrogen) atoms. The third-order valence-electron chi connectivity index (χ3n) is 3.70. The molecule has 4 heteroatoms. The second kappa shape index (κ2) is 5.48. The number of rotatable bonds is 3. The van der Waals surface area contributed by atoms with Crippen LogP contribution in [0.25, 0.3) is 0 Å². The van der Waals surface area contributed by atoms with Gasteiger partial charge in [0, 0.05) is 18.8 Å². The van der Waals surface area contributed by atoms with E-state index in [1.165, 1.54) is 10.6 Å². The standard InChI is InChI=1S/C17H17N3O/c1-12-5-6-16(8-13(12)2)20-17(21)10-15(19-20)9-14-4-3-7-18-11-14/h3-8,11H,9-10H2,1-2H3. The predicted molar refractivity (Wildman–Crippen MR) is 83.4 cm³/mol. The fourth-order valence-electron chi connectivity index (χ4n) is 2.38. The minimum absolute atomic E-state index is 0.0251. The number of hydrogen-bond acceptors (Lipinski definition) is 3. The topological polar surface area (TPSA) is 45.6 Å². The van der Waals surface area contributed by atoms with Gasteiger partial charge in [-0.05, 0) is 48.7 Å². The first-order chi connectivity index (χ1) is 10.1. The number of amides is 1. The fraction of sp³-hybridized carbons (Fsp3) is 0.235. The van der Waals surface area contributed by atoms with E-state index in [9.17, 15) is 4.79 Å². The summed E-state index contributed by atoms with van der Waals surface area (Å²) in [7, 11) is 0.